The van der Waals surface area contributed by atoms with Crippen LogP contribution in [0.5, 0.6) is 0 Å². The smallest absolute Gasteiger partial charge is 0.235 e. The van der Waals surface area contributed by atoms with Crippen molar-refractivity contribution in [2.75, 3.05) is 24.6 Å². The highest BCUT2D eigenvalue weighted by molar-refractivity contribution is 7.92. The first-order valence-corrected chi connectivity index (χ1v) is 6.38. The number of amides is 1. The van der Waals surface area contributed by atoms with Crippen molar-refractivity contribution in [3.8, 4) is 6.07 Å². The third-order valence-corrected chi connectivity index (χ3v) is 3.18. The Morgan fingerprint density at radius 1 is 1.47 bits per heavy atom. The number of sulfone groups is 1. The quantitative estimate of drug-likeness (QED) is 0.535. The van der Waals surface area contributed by atoms with E-state index in [2.05, 4.69) is 5.32 Å². The van der Waals surface area contributed by atoms with Crippen LogP contribution in [-0.2, 0) is 14.6 Å². The molecule has 0 aromatic heterocycles. The van der Waals surface area contributed by atoms with Crippen LogP contribution in [0.3, 0.4) is 0 Å². The second-order valence-electron chi connectivity index (χ2n) is 2.99. The minimum Gasteiger partial charge on any atom is -0.354 e. The summed E-state index contributed by atoms with van der Waals surface area (Å²) in [6.45, 7) is 0.469. The number of hydrogen-bond acceptors (Lipinski definition) is 5. The Bertz CT molecular complexity index is 332. The van der Waals surface area contributed by atoms with Gasteiger partial charge in [0.15, 0.2) is 9.84 Å². The molecule has 1 amide bonds. The molecule has 0 rings (SSSR count). The molecule has 0 saturated carbocycles. The number of carbonyl (C=O) groups excluding carboxylic acids is 1. The van der Waals surface area contributed by atoms with E-state index in [-0.39, 0.29) is 25.3 Å². The van der Waals surface area contributed by atoms with Crippen molar-refractivity contribution in [2.24, 2.45) is 5.73 Å². The maximum Gasteiger partial charge on any atom is 0.235 e. The zero-order chi connectivity index (χ0) is 11.7. The van der Waals surface area contributed by atoms with Crippen molar-refractivity contribution in [1.82, 2.24) is 5.32 Å². The normalized spacial score (nSPS) is 10.7. The molecule has 0 spiro atoms. The van der Waals surface area contributed by atoms with E-state index in [1.54, 1.807) is 0 Å². The predicted molar refractivity (Wildman–Crippen MR) is 55.6 cm³/mol. The Morgan fingerprint density at radius 2 is 2.13 bits per heavy atom. The van der Waals surface area contributed by atoms with Gasteiger partial charge in [-0.1, -0.05) is 0 Å². The molecule has 0 aliphatic rings. The molecule has 0 saturated heterocycles. The number of rotatable bonds is 7. The van der Waals surface area contributed by atoms with Gasteiger partial charge in [-0.05, 0) is 13.0 Å². The van der Waals surface area contributed by atoms with Crippen LogP contribution in [0.15, 0.2) is 0 Å². The molecule has 0 aromatic rings. The monoisotopic (exact) mass is 233 g/mol. The van der Waals surface area contributed by atoms with Crippen molar-refractivity contribution in [3.05, 3.63) is 0 Å². The number of nitrogens with two attached hydrogens (primary N) is 1. The fourth-order valence-electron chi connectivity index (χ4n) is 0.884. The average Bonchev–Trinajstić information content (AvgIpc) is 2.14. The molecule has 0 aromatic carbocycles. The van der Waals surface area contributed by atoms with Gasteiger partial charge >= 0.3 is 0 Å². The minimum absolute atomic E-state index is 0.0742. The molecule has 0 unspecified atom stereocenters. The molecule has 15 heavy (non-hydrogen) atoms. The number of nitriles is 1. The van der Waals surface area contributed by atoms with E-state index < -0.39 is 21.5 Å². The topological polar surface area (TPSA) is 113 Å². The first-order chi connectivity index (χ1) is 7.02. The molecule has 3 N–H and O–H groups in total. The SMILES string of the molecule is N#CCCNC(=O)CS(=O)(=O)CCCN. The fourth-order valence-corrected chi connectivity index (χ4v) is 2.14. The molecule has 0 bridgehead atoms. The predicted octanol–water partition coefficient (Wildman–Crippen LogP) is -1.22. The van der Waals surface area contributed by atoms with E-state index in [0.717, 1.165) is 0 Å². The van der Waals surface area contributed by atoms with Gasteiger partial charge in [-0.3, -0.25) is 4.79 Å². The lowest BCUT2D eigenvalue weighted by Gasteiger charge is -2.03. The van der Waals surface area contributed by atoms with Gasteiger partial charge in [-0.2, -0.15) is 5.26 Å². The van der Waals surface area contributed by atoms with Crippen molar-refractivity contribution in [1.29, 1.82) is 5.26 Å². The number of carbonyl (C=O) groups is 1. The van der Waals surface area contributed by atoms with Crippen molar-refractivity contribution < 1.29 is 13.2 Å². The van der Waals surface area contributed by atoms with Gasteiger partial charge < -0.3 is 11.1 Å². The van der Waals surface area contributed by atoms with Crippen LogP contribution in [-0.4, -0.2) is 38.9 Å². The van der Waals surface area contributed by atoms with E-state index in [1.807, 2.05) is 6.07 Å². The third-order valence-electron chi connectivity index (χ3n) is 1.57. The molecule has 0 atom stereocenters. The molecule has 86 valence electrons. The third kappa shape index (κ3) is 7.90. The van der Waals surface area contributed by atoms with Gasteiger partial charge in [-0.15, -0.1) is 0 Å². The summed E-state index contributed by atoms with van der Waals surface area (Å²) in [5, 5.41) is 10.5. The highest BCUT2D eigenvalue weighted by atomic mass is 32.2. The lowest BCUT2D eigenvalue weighted by molar-refractivity contribution is -0.118. The highest BCUT2D eigenvalue weighted by Gasteiger charge is 2.15. The second kappa shape index (κ2) is 7.20. The minimum atomic E-state index is -3.36. The Balaban J connectivity index is 3.90. The van der Waals surface area contributed by atoms with Gasteiger partial charge in [0.1, 0.15) is 5.75 Å². The van der Waals surface area contributed by atoms with E-state index in [1.165, 1.54) is 0 Å². The van der Waals surface area contributed by atoms with E-state index in [4.69, 9.17) is 11.0 Å². The van der Waals surface area contributed by atoms with Crippen LogP contribution in [0, 0.1) is 11.3 Å². The average molecular weight is 233 g/mol. The molecule has 6 nitrogen and oxygen atoms in total. The van der Waals surface area contributed by atoms with Crippen molar-refractivity contribution in [3.63, 3.8) is 0 Å². The summed E-state index contributed by atoms with van der Waals surface area (Å²) < 4.78 is 22.5. The van der Waals surface area contributed by atoms with Gasteiger partial charge in [-0.25, -0.2) is 8.42 Å². The Morgan fingerprint density at radius 3 is 2.67 bits per heavy atom. The molecule has 7 heteroatoms. The largest absolute Gasteiger partial charge is 0.354 e. The summed E-state index contributed by atoms with van der Waals surface area (Å²) in [5.41, 5.74) is 5.16. The molecule has 0 fully saturated rings. The van der Waals surface area contributed by atoms with Crippen LogP contribution in [0.25, 0.3) is 0 Å². The summed E-state index contributed by atoms with van der Waals surface area (Å²) >= 11 is 0. The van der Waals surface area contributed by atoms with Crippen LogP contribution >= 0.6 is 0 Å². The van der Waals surface area contributed by atoms with Crippen LogP contribution < -0.4 is 11.1 Å². The summed E-state index contributed by atoms with van der Waals surface area (Å²) in [5.74, 6) is -1.17. The van der Waals surface area contributed by atoms with E-state index in [9.17, 15) is 13.2 Å². The Kier molecular flexibility index (Phi) is 6.66. The van der Waals surface area contributed by atoms with Crippen molar-refractivity contribution in [2.45, 2.75) is 12.8 Å². The molecule has 0 aliphatic heterocycles. The maximum atomic E-state index is 11.3. The number of hydrogen-bond donors (Lipinski definition) is 2. The lowest BCUT2D eigenvalue weighted by Crippen LogP contribution is -2.32. The Hall–Kier alpha value is -1.13. The fraction of sp³-hybridized carbons (Fsp3) is 0.750. The van der Waals surface area contributed by atoms with E-state index >= 15 is 0 Å². The number of nitrogens with one attached hydrogen (secondary N) is 1. The molecular formula is C8H15N3O3S. The summed E-state index contributed by atoms with van der Waals surface area (Å²) in [6, 6.07) is 1.84. The second-order valence-corrected chi connectivity index (χ2v) is 5.18. The molecule has 0 aliphatic carbocycles. The van der Waals surface area contributed by atoms with Gasteiger partial charge in [0.2, 0.25) is 5.91 Å². The first kappa shape index (κ1) is 13.9. The van der Waals surface area contributed by atoms with Gasteiger partial charge in [0.05, 0.1) is 18.2 Å². The lowest BCUT2D eigenvalue weighted by atomic mass is 10.4. The Labute approximate surface area is 89.4 Å². The standard InChI is InChI=1S/C8H15N3O3S/c9-3-1-5-11-8(12)7-15(13,14)6-2-4-10/h1-2,4-7,10H2,(H,11,12). The van der Waals surface area contributed by atoms with Crippen LogP contribution in [0.4, 0.5) is 0 Å². The zero-order valence-corrected chi connectivity index (χ0v) is 9.22. The van der Waals surface area contributed by atoms with Crippen LogP contribution in [0.2, 0.25) is 0 Å². The summed E-state index contributed by atoms with van der Waals surface area (Å²) in [6.07, 6.45) is 0.530. The highest BCUT2D eigenvalue weighted by Crippen LogP contribution is 1.93. The summed E-state index contributed by atoms with van der Waals surface area (Å²) in [7, 11) is -3.36. The van der Waals surface area contributed by atoms with Gasteiger partial charge in [0.25, 0.3) is 0 Å². The zero-order valence-electron chi connectivity index (χ0n) is 8.40. The van der Waals surface area contributed by atoms with Gasteiger partial charge in [0, 0.05) is 6.54 Å². The molecule has 0 heterocycles. The molecule has 0 radical (unpaired) electrons. The maximum absolute atomic E-state index is 11.3. The van der Waals surface area contributed by atoms with Crippen molar-refractivity contribution >= 4 is 15.7 Å². The van der Waals surface area contributed by atoms with E-state index in [0.29, 0.717) is 6.42 Å². The van der Waals surface area contributed by atoms with Crippen LogP contribution in [0.1, 0.15) is 12.8 Å². The first-order valence-electron chi connectivity index (χ1n) is 4.56. The molecular weight excluding hydrogens is 218 g/mol. The number of nitrogens with zero attached hydrogens (tertiary/aromatic N) is 1. The summed E-state index contributed by atoms with van der Waals surface area (Å²) in [4.78, 5) is 11.1.